The average molecular weight is 308 g/mol. The third-order valence-corrected chi connectivity index (χ3v) is 3.42. The highest BCUT2D eigenvalue weighted by Crippen LogP contribution is 2.15. The van der Waals surface area contributed by atoms with E-state index in [1.807, 2.05) is 13.8 Å². The summed E-state index contributed by atoms with van der Waals surface area (Å²) in [5.74, 6) is 0.427. The zero-order valence-corrected chi connectivity index (χ0v) is 12.8. The predicted molar refractivity (Wildman–Crippen MR) is 80.0 cm³/mol. The molecule has 120 valence electrons. The molecule has 1 heterocycles. The molecule has 1 saturated heterocycles. The van der Waals surface area contributed by atoms with Gasteiger partial charge < -0.3 is 10.1 Å². The van der Waals surface area contributed by atoms with Crippen molar-refractivity contribution in [2.75, 3.05) is 13.2 Å². The molecule has 1 N–H and O–H groups in total. The Morgan fingerprint density at radius 1 is 1.27 bits per heavy atom. The first-order chi connectivity index (χ1) is 10.5. The van der Waals surface area contributed by atoms with Gasteiger partial charge in [0.05, 0.1) is 6.61 Å². The number of imide groups is 1. The fourth-order valence-electron chi connectivity index (χ4n) is 2.36. The number of nitrogens with zero attached hydrogens (tertiary/aromatic N) is 1. The Hall–Kier alpha value is -2.11. The Balaban J connectivity index is 1.75. The topological polar surface area (TPSA) is 58.6 Å². The summed E-state index contributed by atoms with van der Waals surface area (Å²) in [6.45, 7) is 4.70. The lowest BCUT2D eigenvalue weighted by Gasteiger charge is -2.14. The molecule has 5 nitrogen and oxygen atoms in total. The Morgan fingerprint density at radius 2 is 1.95 bits per heavy atom. The Kier molecular flexibility index (Phi) is 5.35. The molecule has 1 aliphatic heterocycles. The van der Waals surface area contributed by atoms with Gasteiger partial charge in [-0.1, -0.05) is 13.8 Å². The number of benzene rings is 1. The van der Waals surface area contributed by atoms with Crippen molar-refractivity contribution in [3.05, 3.63) is 30.1 Å². The minimum Gasteiger partial charge on any atom is -0.494 e. The number of ether oxygens (including phenoxy) is 1. The molecule has 0 spiro atoms. The summed E-state index contributed by atoms with van der Waals surface area (Å²) in [7, 11) is 0. The van der Waals surface area contributed by atoms with E-state index >= 15 is 0 Å². The van der Waals surface area contributed by atoms with Crippen LogP contribution in [-0.2, 0) is 4.79 Å². The van der Waals surface area contributed by atoms with Gasteiger partial charge in [0.15, 0.2) is 0 Å². The van der Waals surface area contributed by atoms with Crippen LogP contribution in [0.5, 0.6) is 5.75 Å². The van der Waals surface area contributed by atoms with Gasteiger partial charge >= 0.3 is 6.03 Å². The zero-order chi connectivity index (χ0) is 16.1. The molecule has 1 aromatic rings. The number of urea groups is 1. The van der Waals surface area contributed by atoms with E-state index in [0.29, 0.717) is 37.7 Å². The maximum Gasteiger partial charge on any atom is 0.324 e. The van der Waals surface area contributed by atoms with Crippen molar-refractivity contribution >= 4 is 11.9 Å². The van der Waals surface area contributed by atoms with Crippen LogP contribution in [0.15, 0.2) is 24.3 Å². The third-order valence-electron chi connectivity index (χ3n) is 3.42. The summed E-state index contributed by atoms with van der Waals surface area (Å²) in [5.41, 5.74) is 0. The summed E-state index contributed by atoms with van der Waals surface area (Å²) in [6.07, 6.45) is 1.18. The molecule has 3 amide bonds. The molecule has 0 aromatic heterocycles. The number of rotatable bonds is 7. The average Bonchev–Trinajstić information content (AvgIpc) is 2.71. The van der Waals surface area contributed by atoms with E-state index in [-0.39, 0.29) is 17.8 Å². The van der Waals surface area contributed by atoms with E-state index in [0.717, 1.165) is 0 Å². The van der Waals surface area contributed by atoms with Gasteiger partial charge in [-0.05, 0) is 43.0 Å². The van der Waals surface area contributed by atoms with Crippen LogP contribution in [0.4, 0.5) is 9.18 Å². The van der Waals surface area contributed by atoms with Gasteiger partial charge in [-0.2, -0.15) is 0 Å². The van der Waals surface area contributed by atoms with Crippen LogP contribution >= 0.6 is 0 Å². The number of carbonyl (C=O) groups is 2. The summed E-state index contributed by atoms with van der Waals surface area (Å²) in [5, 5.41) is 2.70. The smallest absolute Gasteiger partial charge is 0.324 e. The fourth-order valence-corrected chi connectivity index (χ4v) is 2.36. The van der Waals surface area contributed by atoms with Crippen LogP contribution < -0.4 is 10.1 Å². The molecule has 2 rings (SSSR count). The lowest BCUT2D eigenvalue weighted by atomic mass is 10.0. The van der Waals surface area contributed by atoms with Crippen molar-refractivity contribution in [1.29, 1.82) is 0 Å². The fraction of sp³-hybridized carbons (Fsp3) is 0.500. The zero-order valence-electron chi connectivity index (χ0n) is 12.8. The second kappa shape index (κ2) is 7.24. The van der Waals surface area contributed by atoms with Gasteiger partial charge in [0.1, 0.15) is 17.6 Å². The van der Waals surface area contributed by atoms with Crippen molar-refractivity contribution in [2.45, 2.75) is 32.7 Å². The summed E-state index contributed by atoms with van der Waals surface area (Å²) >= 11 is 0. The molecule has 0 radical (unpaired) electrons. The largest absolute Gasteiger partial charge is 0.494 e. The molecule has 0 bridgehead atoms. The molecular weight excluding hydrogens is 287 g/mol. The molecule has 1 aliphatic rings. The van der Waals surface area contributed by atoms with Crippen molar-refractivity contribution in [2.24, 2.45) is 5.92 Å². The van der Waals surface area contributed by atoms with Crippen LogP contribution in [0.25, 0.3) is 0 Å². The molecular formula is C16H21FN2O3. The first-order valence-corrected chi connectivity index (χ1v) is 7.47. The van der Waals surface area contributed by atoms with Gasteiger partial charge in [0.2, 0.25) is 0 Å². The quantitative estimate of drug-likeness (QED) is 0.622. The van der Waals surface area contributed by atoms with Gasteiger partial charge in [0, 0.05) is 6.54 Å². The van der Waals surface area contributed by atoms with Crippen LogP contribution in [-0.4, -0.2) is 36.0 Å². The van der Waals surface area contributed by atoms with Gasteiger partial charge in [-0.25, -0.2) is 9.18 Å². The summed E-state index contributed by atoms with van der Waals surface area (Å²) < 4.78 is 18.2. The molecule has 0 aliphatic carbocycles. The van der Waals surface area contributed by atoms with E-state index in [2.05, 4.69) is 5.32 Å². The minimum atomic E-state index is -0.412. The van der Waals surface area contributed by atoms with E-state index in [1.54, 1.807) is 12.1 Å². The molecule has 1 atom stereocenters. The van der Waals surface area contributed by atoms with Crippen LogP contribution in [0.2, 0.25) is 0 Å². The predicted octanol–water partition coefficient (Wildman–Crippen LogP) is 2.56. The molecule has 0 saturated carbocycles. The molecule has 6 heteroatoms. The van der Waals surface area contributed by atoms with Crippen LogP contribution in [0.1, 0.15) is 26.7 Å². The van der Waals surface area contributed by atoms with E-state index < -0.39 is 6.04 Å². The number of hydrogen-bond acceptors (Lipinski definition) is 3. The van der Waals surface area contributed by atoms with Gasteiger partial charge in [-0.3, -0.25) is 9.69 Å². The summed E-state index contributed by atoms with van der Waals surface area (Å²) in [6, 6.07) is 4.98. The number of amides is 3. The van der Waals surface area contributed by atoms with Crippen molar-refractivity contribution in [3.8, 4) is 5.75 Å². The number of nitrogens with one attached hydrogen (secondary N) is 1. The normalized spacial score (nSPS) is 18.0. The SMILES string of the molecule is CC(C)C[C@H]1NC(=O)N(CCCOc2ccc(F)cc2)C1=O. The van der Waals surface area contributed by atoms with Crippen molar-refractivity contribution in [3.63, 3.8) is 0 Å². The van der Waals surface area contributed by atoms with Crippen LogP contribution in [0.3, 0.4) is 0 Å². The standard InChI is InChI=1S/C16H21FN2O3/c1-11(2)10-14-15(20)19(16(21)18-14)8-3-9-22-13-6-4-12(17)5-7-13/h4-7,11,14H,3,8-10H2,1-2H3,(H,18,21)/t14-/m1/s1. The second-order valence-corrected chi connectivity index (χ2v) is 5.78. The Morgan fingerprint density at radius 3 is 2.59 bits per heavy atom. The van der Waals surface area contributed by atoms with Gasteiger partial charge in [0.25, 0.3) is 5.91 Å². The minimum absolute atomic E-state index is 0.166. The molecule has 22 heavy (non-hydrogen) atoms. The number of halogens is 1. The Labute approximate surface area is 129 Å². The second-order valence-electron chi connectivity index (χ2n) is 5.78. The first-order valence-electron chi connectivity index (χ1n) is 7.47. The maximum atomic E-state index is 12.7. The maximum absolute atomic E-state index is 12.7. The summed E-state index contributed by atoms with van der Waals surface area (Å²) in [4.78, 5) is 25.1. The van der Waals surface area contributed by atoms with Crippen molar-refractivity contribution in [1.82, 2.24) is 10.2 Å². The molecule has 1 aromatic carbocycles. The molecule has 0 unspecified atom stereocenters. The lowest BCUT2D eigenvalue weighted by Crippen LogP contribution is -2.33. The highest BCUT2D eigenvalue weighted by Gasteiger charge is 2.37. The highest BCUT2D eigenvalue weighted by molar-refractivity contribution is 6.04. The third kappa shape index (κ3) is 4.19. The van der Waals surface area contributed by atoms with Crippen molar-refractivity contribution < 1.29 is 18.7 Å². The van der Waals surface area contributed by atoms with E-state index in [4.69, 9.17) is 4.74 Å². The Bertz CT molecular complexity index is 531. The van der Waals surface area contributed by atoms with Crippen LogP contribution in [0, 0.1) is 11.7 Å². The van der Waals surface area contributed by atoms with Gasteiger partial charge in [-0.15, -0.1) is 0 Å². The molecule has 1 fully saturated rings. The highest BCUT2D eigenvalue weighted by atomic mass is 19.1. The lowest BCUT2D eigenvalue weighted by molar-refractivity contribution is -0.127. The first kappa shape index (κ1) is 16.3. The van der Waals surface area contributed by atoms with E-state index in [9.17, 15) is 14.0 Å². The number of carbonyl (C=O) groups excluding carboxylic acids is 2. The van der Waals surface area contributed by atoms with E-state index in [1.165, 1.54) is 17.0 Å². The monoisotopic (exact) mass is 308 g/mol. The number of hydrogen-bond donors (Lipinski definition) is 1.